The van der Waals surface area contributed by atoms with Crippen molar-refractivity contribution in [2.45, 2.75) is 13.0 Å². The van der Waals surface area contributed by atoms with Crippen LogP contribution in [0.15, 0.2) is 35.7 Å². The van der Waals surface area contributed by atoms with Crippen LogP contribution >= 0.6 is 34.5 Å². The minimum absolute atomic E-state index is 0.190. The van der Waals surface area contributed by atoms with Gasteiger partial charge in [-0.15, -0.1) is 11.3 Å². The topological polar surface area (TPSA) is 12.0 Å². The molecule has 0 bridgehead atoms. The maximum absolute atomic E-state index is 6.06. The van der Waals surface area contributed by atoms with Crippen molar-refractivity contribution in [3.8, 4) is 0 Å². The Hall–Kier alpha value is -0.540. The minimum atomic E-state index is 0.190. The summed E-state index contributed by atoms with van der Waals surface area (Å²) in [6, 6.07) is 10.2. The third-order valence-corrected chi connectivity index (χ3v) is 4.19. The van der Waals surface area contributed by atoms with E-state index >= 15 is 0 Å². The van der Waals surface area contributed by atoms with Crippen molar-refractivity contribution in [1.82, 2.24) is 5.32 Å². The first-order valence-corrected chi connectivity index (χ1v) is 7.07. The van der Waals surface area contributed by atoms with Gasteiger partial charge in [0.05, 0.1) is 16.1 Å². The number of hydrogen-bond acceptors (Lipinski definition) is 2. The molecule has 0 saturated carbocycles. The predicted molar refractivity (Wildman–Crippen MR) is 76.3 cm³/mol. The van der Waals surface area contributed by atoms with Gasteiger partial charge < -0.3 is 5.32 Å². The van der Waals surface area contributed by atoms with Crippen LogP contribution in [0.25, 0.3) is 0 Å². The number of rotatable bonds is 4. The molecule has 90 valence electrons. The van der Waals surface area contributed by atoms with Crippen molar-refractivity contribution in [3.05, 3.63) is 56.2 Å². The third kappa shape index (κ3) is 3.02. The average molecular weight is 286 g/mol. The molecule has 1 atom stereocenters. The Balaban J connectivity index is 2.35. The maximum atomic E-state index is 6.06. The van der Waals surface area contributed by atoms with E-state index in [9.17, 15) is 0 Å². The van der Waals surface area contributed by atoms with E-state index in [-0.39, 0.29) is 6.04 Å². The molecule has 0 aliphatic heterocycles. The van der Waals surface area contributed by atoms with Gasteiger partial charge >= 0.3 is 0 Å². The first-order valence-electron chi connectivity index (χ1n) is 5.44. The summed E-state index contributed by atoms with van der Waals surface area (Å²) in [5.74, 6) is 0. The Morgan fingerprint density at radius 1 is 1.24 bits per heavy atom. The van der Waals surface area contributed by atoms with E-state index in [0.717, 1.165) is 12.1 Å². The standard InChI is InChI=1S/C13H13Cl2NS/c1-2-16-13(12-4-3-7-17-12)9-5-6-10(14)11(15)8-9/h3-8,13,16H,2H2,1H3. The monoisotopic (exact) mass is 285 g/mol. The molecule has 0 aliphatic carbocycles. The quantitative estimate of drug-likeness (QED) is 0.855. The summed E-state index contributed by atoms with van der Waals surface area (Å²) >= 11 is 13.7. The zero-order valence-electron chi connectivity index (χ0n) is 9.41. The van der Waals surface area contributed by atoms with E-state index in [1.807, 2.05) is 18.2 Å². The van der Waals surface area contributed by atoms with Gasteiger partial charge in [0.25, 0.3) is 0 Å². The van der Waals surface area contributed by atoms with Crippen molar-refractivity contribution in [1.29, 1.82) is 0 Å². The Morgan fingerprint density at radius 2 is 2.06 bits per heavy atom. The van der Waals surface area contributed by atoms with Crippen LogP contribution in [0.5, 0.6) is 0 Å². The normalized spacial score (nSPS) is 12.6. The van der Waals surface area contributed by atoms with Gasteiger partial charge in [-0.1, -0.05) is 42.3 Å². The summed E-state index contributed by atoms with van der Waals surface area (Å²) in [6.45, 7) is 3.00. The van der Waals surface area contributed by atoms with Gasteiger partial charge in [-0.3, -0.25) is 0 Å². The summed E-state index contributed by atoms with van der Waals surface area (Å²) < 4.78 is 0. The zero-order valence-corrected chi connectivity index (χ0v) is 11.7. The van der Waals surface area contributed by atoms with Crippen LogP contribution in [-0.2, 0) is 0 Å². The molecule has 0 fully saturated rings. The second-order valence-corrected chi connectivity index (χ2v) is 5.47. The minimum Gasteiger partial charge on any atom is -0.306 e. The van der Waals surface area contributed by atoms with Crippen LogP contribution in [-0.4, -0.2) is 6.54 Å². The fourth-order valence-corrected chi connectivity index (χ4v) is 2.87. The third-order valence-electron chi connectivity index (χ3n) is 2.51. The molecule has 0 spiro atoms. The van der Waals surface area contributed by atoms with Crippen LogP contribution in [0.4, 0.5) is 0 Å². The molecule has 1 aromatic carbocycles. The number of thiophene rings is 1. The summed E-state index contributed by atoms with van der Waals surface area (Å²) in [5.41, 5.74) is 1.14. The fourth-order valence-electron chi connectivity index (χ4n) is 1.73. The van der Waals surface area contributed by atoms with Crippen molar-refractivity contribution in [2.24, 2.45) is 0 Å². The molecular formula is C13H13Cl2NS. The fraction of sp³-hybridized carbons (Fsp3) is 0.231. The summed E-state index contributed by atoms with van der Waals surface area (Å²) in [6.07, 6.45) is 0. The molecule has 1 unspecified atom stereocenters. The first kappa shape index (κ1) is 12.9. The highest BCUT2D eigenvalue weighted by Gasteiger charge is 2.14. The van der Waals surface area contributed by atoms with Gasteiger partial charge in [0, 0.05) is 4.88 Å². The molecule has 0 saturated heterocycles. The molecule has 17 heavy (non-hydrogen) atoms. The van der Waals surface area contributed by atoms with E-state index in [1.165, 1.54) is 4.88 Å². The zero-order chi connectivity index (χ0) is 12.3. The van der Waals surface area contributed by atoms with Crippen molar-refractivity contribution >= 4 is 34.5 Å². The van der Waals surface area contributed by atoms with Crippen LogP contribution < -0.4 is 5.32 Å². The van der Waals surface area contributed by atoms with Crippen molar-refractivity contribution in [3.63, 3.8) is 0 Å². The molecule has 1 nitrogen and oxygen atoms in total. The van der Waals surface area contributed by atoms with Crippen molar-refractivity contribution in [2.75, 3.05) is 6.54 Å². The van der Waals surface area contributed by atoms with Gasteiger partial charge in [0.15, 0.2) is 0 Å². The van der Waals surface area contributed by atoms with Crippen LogP contribution in [0.1, 0.15) is 23.4 Å². The molecule has 0 aliphatic rings. The number of halogens is 2. The van der Waals surface area contributed by atoms with Crippen LogP contribution in [0.2, 0.25) is 10.0 Å². The van der Waals surface area contributed by atoms with E-state index < -0.39 is 0 Å². The number of hydrogen-bond donors (Lipinski definition) is 1. The number of benzene rings is 1. The van der Waals surface area contributed by atoms with Gasteiger partial charge in [0.2, 0.25) is 0 Å². The first-order chi connectivity index (χ1) is 8.22. The summed E-state index contributed by atoms with van der Waals surface area (Å²) in [5, 5.41) is 6.73. The SMILES string of the molecule is CCNC(c1ccc(Cl)c(Cl)c1)c1cccs1. The Labute approximate surface area is 115 Å². The molecule has 1 N–H and O–H groups in total. The van der Waals surface area contributed by atoms with E-state index in [4.69, 9.17) is 23.2 Å². The molecule has 4 heteroatoms. The largest absolute Gasteiger partial charge is 0.306 e. The van der Waals surface area contributed by atoms with Gasteiger partial charge in [-0.25, -0.2) is 0 Å². The van der Waals surface area contributed by atoms with Crippen molar-refractivity contribution < 1.29 is 0 Å². The summed E-state index contributed by atoms with van der Waals surface area (Å²) in [4.78, 5) is 1.28. The van der Waals surface area contributed by atoms with Gasteiger partial charge in [-0.05, 0) is 35.7 Å². The average Bonchev–Trinajstić information content (AvgIpc) is 2.83. The molecule has 1 heterocycles. The highest BCUT2D eigenvalue weighted by molar-refractivity contribution is 7.10. The lowest BCUT2D eigenvalue weighted by molar-refractivity contribution is 0.640. The van der Waals surface area contributed by atoms with E-state index in [1.54, 1.807) is 11.3 Å². The smallest absolute Gasteiger partial charge is 0.0671 e. The lowest BCUT2D eigenvalue weighted by Gasteiger charge is -2.17. The van der Waals surface area contributed by atoms with Gasteiger partial charge in [-0.2, -0.15) is 0 Å². The molecule has 0 amide bonds. The Morgan fingerprint density at radius 3 is 2.65 bits per heavy atom. The second kappa shape index (κ2) is 5.87. The number of nitrogens with one attached hydrogen (secondary N) is 1. The maximum Gasteiger partial charge on any atom is 0.0671 e. The Kier molecular flexibility index (Phi) is 4.46. The predicted octanol–water partition coefficient (Wildman–Crippen LogP) is 4.75. The molecule has 2 rings (SSSR count). The summed E-state index contributed by atoms with van der Waals surface area (Å²) in [7, 11) is 0. The van der Waals surface area contributed by atoms with Crippen LogP contribution in [0.3, 0.4) is 0 Å². The molecule has 1 aromatic heterocycles. The van der Waals surface area contributed by atoms with Crippen LogP contribution in [0, 0.1) is 0 Å². The lowest BCUT2D eigenvalue weighted by atomic mass is 10.1. The highest BCUT2D eigenvalue weighted by Crippen LogP contribution is 2.30. The lowest BCUT2D eigenvalue weighted by Crippen LogP contribution is -2.21. The van der Waals surface area contributed by atoms with Gasteiger partial charge in [0.1, 0.15) is 0 Å². The second-order valence-electron chi connectivity index (χ2n) is 3.68. The van der Waals surface area contributed by atoms with E-state index in [0.29, 0.717) is 10.0 Å². The highest BCUT2D eigenvalue weighted by atomic mass is 35.5. The Bertz CT molecular complexity index is 482. The molecule has 2 aromatic rings. The molecule has 0 radical (unpaired) electrons. The molecular weight excluding hydrogens is 273 g/mol. The van der Waals surface area contributed by atoms with E-state index in [2.05, 4.69) is 29.8 Å².